The zero-order chi connectivity index (χ0) is 23.4. The lowest BCUT2D eigenvalue weighted by molar-refractivity contribution is 0.000508. The molecule has 0 aliphatic carbocycles. The number of imidazole rings is 1. The molecule has 0 saturated carbocycles. The summed E-state index contributed by atoms with van der Waals surface area (Å²) in [7, 11) is -5.06. The van der Waals surface area contributed by atoms with Crippen LogP contribution in [0.4, 0.5) is 0 Å². The molecular weight excluding hydrogens is 423 g/mol. The predicted octanol–water partition coefficient (Wildman–Crippen LogP) is 5.65. The van der Waals surface area contributed by atoms with Crippen molar-refractivity contribution in [3.63, 3.8) is 0 Å². The third-order valence-corrected chi connectivity index (χ3v) is 7.20. The van der Waals surface area contributed by atoms with E-state index in [0.29, 0.717) is 12.3 Å². The zero-order valence-electron chi connectivity index (χ0n) is 20.2. The fraction of sp³-hybridized carbons (Fsp3) is 0.800. The van der Waals surface area contributed by atoms with Gasteiger partial charge in [0.2, 0.25) is 0 Å². The summed E-state index contributed by atoms with van der Waals surface area (Å²) in [5.74, 6) is 0.0834. The third kappa shape index (κ3) is 11.0. The maximum Gasteiger partial charge on any atom is 0.476 e. The van der Waals surface area contributed by atoms with Crippen LogP contribution >= 0.6 is 7.82 Å². The molecular formula is C20H39N2O6PSi. The van der Waals surface area contributed by atoms with E-state index in [1.54, 1.807) is 52.3 Å². The van der Waals surface area contributed by atoms with Crippen LogP contribution in [0.2, 0.25) is 25.7 Å². The molecule has 30 heavy (non-hydrogen) atoms. The van der Waals surface area contributed by atoms with Crippen LogP contribution in [0.1, 0.15) is 64.8 Å². The van der Waals surface area contributed by atoms with E-state index in [2.05, 4.69) is 24.6 Å². The highest BCUT2D eigenvalue weighted by Crippen LogP contribution is 2.55. The Morgan fingerprint density at radius 2 is 1.63 bits per heavy atom. The number of rotatable bonds is 11. The molecule has 1 rings (SSSR count). The minimum Gasteiger partial charge on any atom is -0.361 e. The molecule has 1 heterocycles. The van der Waals surface area contributed by atoms with Crippen LogP contribution in [-0.2, 0) is 36.2 Å². The minimum absolute atomic E-state index is 0.119. The first-order valence-corrected chi connectivity index (χ1v) is 15.4. The average Bonchev–Trinajstić information content (AvgIpc) is 2.88. The van der Waals surface area contributed by atoms with E-state index >= 15 is 0 Å². The van der Waals surface area contributed by atoms with Crippen molar-refractivity contribution in [3.8, 4) is 0 Å². The molecule has 10 heteroatoms. The molecule has 0 radical (unpaired) electrons. The molecule has 1 aromatic rings. The van der Waals surface area contributed by atoms with Gasteiger partial charge in [0, 0.05) is 27.8 Å². The van der Waals surface area contributed by atoms with Gasteiger partial charge in [0.1, 0.15) is 13.3 Å². The van der Waals surface area contributed by atoms with E-state index in [0.717, 1.165) is 6.04 Å². The maximum atomic E-state index is 13.2. The lowest BCUT2D eigenvalue weighted by Gasteiger charge is -2.30. The normalized spacial score (nSPS) is 13.7. The number of phosphoric ester groups is 1. The lowest BCUT2D eigenvalue weighted by atomic mass is 10.2. The van der Waals surface area contributed by atoms with Crippen molar-refractivity contribution in [3.05, 3.63) is 17.7 Å². The first-order chi connectivity index (χ1) is 13.4. The molecule has 174 valence electrons. The number of hydrogen-bond acceptors (Lipinski definition) is 7. The quantitative estimate of drug-likeness (QED) is 0.182. The van der Waals surface area contributed by atoms with Crippen LogP contribution in [0.25, 0.3) is 0 Å². The van der Waals surface area contributed by atoms with Gasteiger partial charge in [-0.1, -0.05) is 19.6 Å². The number of aromatic nitrogens is 2. The van der Waals surface area contributed by atoms with E-state index in [9.17, 15) is 9.36 Å². The van der Waals surface area contributed by atoms with Gasteiger partial charge in [-0.05, 0) is 47.6 Å². The molecule has 8 nitrogen and oxygen atoms in total. The fourth-order valence-electron chi connectivity index (χ4n) is 2.35. The Morgan fingerprint density at radius 3 is 2.07 bits per heavy atom. The average molecular weight is 463 g/mol. The molecule has 0 aromatic carbocycles. The van der Waals surface area contributed by atoms with E-state index in [1.165, 1.54) is 6.92 Å². The molecule has 0 bridgehead atoms. The van der Waals surface area contributed by atoms with Gasteiger partial charge in [0.05, 0.1) is 16.9 Å². The van der Waals surface area contributed by atoms with Crippen LogP contribution in [0.15, 0.2) is 6.20 Å². The highest BCUT2D eigenvalue weighted by atomic mass is 31.2. The fourth-order valence-corrected chi connectivity index (χ4v) is 4.88. The summed E-state index contributed by atoms with van der Waals surface area (Å²) >= 11 is 0. The number of phosphoric acid groups is 1. The molecule has 0 atom stereocenters. The van der Waals surface area contributed by atoms with Crippen molar-refractivity contribution in [2.75, 3.05) is 6.61 Å². The van der Waals surface area contributed by atoms with Gasteiger partial charge >= 0.3 is 7.82 Å². The van der Waals surface area contributed by atoms with Crippen molar-refractivity contribution in [2.45, 2.75) is 98.7 Å². The van der Waals surface area contributed by atoms with Crippen LogP contribution in [0.5, 0.6) is 0 Å². The number of Topliss-reactive ketones (excluding diaryl/α,β-unsaturated/α-hetero) is 1. The van der Waals surface area contributed by atoms with Crippen molar-refractivity contribution in [1.29, 1.82) is 0 Å². The second kappa shape index (κ2) is 10.2. The second-order valence-corrected chi connectivity index (χ2v) is 17.7. The van der Waals surface area contributed by atoms with Crippen molar-refractivity contribution in [2.24, 2.45) is 0 Å². The summed E-state index contributed by atoms with van der Waals surface area (Å²) in [6.45, 7) is 19.7. The zero-order valence-corrected chi connectivity index (χ0v) is 22.1. The molecule has 0 aliphatic heterocycles. The Hall–Kier alpha value is -0.833. The summed E-state index contributed by atoms with van der Waals surface area (Å²) < 4.78 is 37.3. The maximum absolute atomic E-state index is 13.2. The summed E-state index contributed by atoms with van der Waals surface area (Å²) in [5.41, 5.74) is -1.01. The Labute approximate surface area is 182 Å². The Bertz CT molecular complexity index is 739. The van der Waals surface area contributed by atoms with Gasteiger partial charge < -0.3 is 9.30 Å². The molecule has 0 amide bonds. The number of nitrogens with zero attached hydrogens (tertiary/aromatic N) is 2. The lowest BCUT2D eigenvalue weighted by Crippen LogP contribution is -2.24. The first-order valence-electron chi connectivity index (χ1n) is 10.2. The number of ether oxygens (including phenoxy) is 1. The first kappa shape index (κ1) is 27.2. The van der Waals surface area contributed by atoms with E-state index in [4.69, 9.17) is 18.3 Å². The van der Waals surface area contributed by atoms with E-state index in [1.807, 2.05) is 0 Å². The summed E-state index contributed by atoms with van der Waals surface area (Å²) in [6.07, 6.45) is 1.67. The number of hydrogen-bond donors (Lipinski definition) is 0. The Balaban J connectivity index is 2.90. The topological polar surface area (TPSA) is 88.9 Å². The van der Waals surface area contributed by atoms with Gasteiger partial charge in [-0.15, -0.1) is 0 Å². The largest absolute Gasteiger partial charge is 0.476 e. The van der Waals surface area contributed by atoms with Gasteiger partial charge in [-0.2, -0.15) is 0 Å². The van der Waals surface area contributed by atoms with E-state index in [-0.39, 0.29) is 24.9 Å². The third-order valence-electron chi connectivity index (χ3n) is 3.51. The number of carbonyl (C=O) groups excluding carboxylic acids is 1. The van der Waals surface area contributed by atoms with Crippen molar-refractivity contribution >= 4 is 21.7 Å². The van der Waals surface area contributed by atoms with Crippen molar-refractivity contribution in [1.82, 2.24) is 9.55 Å². The van der Waals surface area contributed by atoms with Crippen molar-refractivity contribution < 1.29 is 27.7 Å². The van der Waals surface area contributed by atoms with Gasteiger partial charge in [0.25, 0.3) is 0 Å². The predicted molar refractivity (Wildman–Crippen MR) is 120 cm³/mol. The van der Waals surface area contributed by atoms with Gasteiger partial charge in [0.15, 0.2) is 11.6 Å². The summed E-state index contributed by atoms with van der Waals surface area (Å²) in [5, 5.41) is 0. The van der Waals surface area contributed by atoms with Crippen LogP contribution in [0.3, 0.4) is 0 Å². The highest BCUT2D eigenvalue weighted by molar-refractivity contribution is 7.48. The second-order valence-electron chi connectivity index (χ2n) is 10.6. The smallest absolute Gasteiger partial charge is 0.361 e. The molecule has 0 fully saturated rings. The van der Waals surface area contributed by atoms with Gasteiger partial charge in [-0.25, -0.2) is 9.55 Å². The molecule has 0 N–H and O–H groups in total. The molecule has 0 spiro atoms. The molecule has 0 aliphatic rings. The summed E-state index contributed by atoms with van der Waals surface area (Å²) in [4.78, 5) is 16.3. The Kier molecular flexibility index (Phi) is 9.24. The van der Waals surface area contributed by atoms with Crippen LogP contribution in [-0.4, -0.2) is 41.2 Å². The highest BCUT2D eigenvalue weighted by Gasteiger charge is 2.37. The molecule has 0 unspecified atom stereocenters. The van der Waals surface area contributed by atoms with E-state index < -0.39 is 27.1 Å². The monoisotopic (exact) mass is 462 g/mol. The summed E-state index contributed by atoms with van der Waals surface area (Å²) in [6, 6.07) is 1.03. The number of ketones is 1. The Morgan fingerprint density at radius 1 is 1.10 bits per heavy atom. The van der Waals surface area contributed by atoms with Crippen LogP contribution in [0, 0.1) is 0 Å². The minimum atomic E-state index is -3.86. The molecule has 0 saturated heterocycles. The van der Waals surface area contributed by atoms with Gasteiger partial charge in [-0.3, -0.25) is 18.4 Å². The standard InChI is InChI=1S/C20H39N2O6PSi/c1-16(23)18-21-17(13-22(18)15-25-11-12-30(8,9)10)14-26-29(24,27-19(2,3)4)28-20(5,6)7/h13H,11-12,14-15H2,1-10H3. The number of carbonyl (C=O) groups is 1. The van der Waals surface area contributed by atoms with Crippen LogP contribution < -0.4 is 0 Å². The SMILES string of the molecule is CC(=O)c1nc(COP(=O)(OC(C)(C)C)OC(C)(C)C)cn1COCC[Si](C)(C)C. The molecule has 1 aromatic heterocycles.